The summed E-state index contributed by atoms with van der Waals surface area (Å²) in [6.45, 7) is 2.66. The molecule has 0 bridgehead atoms. The lowest BCUT2D eigenvalue weighted by Crippen LogP contribution is -2.46. The minimum absolute atomic E-state index is 0.00583. The molecule has 0 aromatic heterocycles. The Labute approximate surface area is 154 Å². The van der Waals surface area contributed by atoms with Crippen LogP contribution in [0.4, 0.5) is 5.69 Å². The molecule has 2 saturated carbocycles. The highest BCUT2D eigenvalue weighted by atomic mass is 35.5. The molecular formula is C19H26ClN3O2. The first-order valence-corrected chi connectivity index (χ1v) is 9.37. The summed E-state index contributed by atoms with van der Waals surface area (Å²) < 4.78 is 0. The lowest BCUT2D eigenvalue weighted by Gasteiger charge is -2.30. The van der Waals surface area contributed by atoms with E-state index < -0.39 is 0 Å². The lowest BCUT2D eigenvalue weighted by atomic mass is 10.1. The van der Waals surface area contributed by atoms with Crippen molar-refractivity contribution in [1.29, 1.82) is 0 Å². The molecule has 5 nitrogen and oxygen atoms in total. The van der Waals surface area contributed by atoms with Gasteiger partial charge in [0.15, 0.2) is 0 Å². The first kappa shape index (κ1) is 18.2. The summed E-state index contributed by atoms with van der Waals surface area (Å²) in [5.74, 6) is 0.494. The molecule has 1 unspecified atom stereocenters. The zero-order valence-electron chi connectivity index (χ0n) is 14.9. The van der Waals surface area contributed by atoms with Crippen molar-refractivity contribution in [3.8, 4) is 0 Å². The number of nitrogens with zero attached hydrogens (tertiary/aromatic N) is 2. The number of halogens is 1. The molecule has 2 amide bonds. The Morgan fingerprint density at radius 1 is 1.20 bits per heavy atom. The van der Waals surface area contributed by atoms with Gasteiger partial charge in [-0.3, -0.25) is 14.5 Å². The van der Waals surface area contributed by atoms with Gasteiger partial charge in [0.1, 0.15) is 0 Å². The number of hydrogen-bond acceptors (Lipinski definition) is 3. The fourth-order valence-electron chi connectivity index (χ4n) is 3.19. The summed E-state index contributed by atoms with van der Waals surface area (Å²) >= 11 is 6.05. The van der Waals surface area contributed by atoms with Gasteiger partial charge in [0.05, 0.1) is 23.8 Å². The fourth-order valence-corrected chi connectivity index (χ4v) is 3.38. The van der Waals surface area contributed by atoms with E-state index in [-0.39, 0.29) is 18.4 Å². The number of carbonyl (C=O) groups is 2. The molecule has 2 aliphatic rings. The van der Waals surface area contributed by atoms with Crippen LogP contribution in [0.1, 0.15) is 32.6 Å². The van der Waals surface area contributed by atoms with E-state index in [0.717, 1.165) is 5.92 Å². The average Bonchev–Trinajstić information content (AvgIpc) is 3.46. The lowest BCUT2D eigenvalue weighted by molar-refractivity contribution is -0.135. The van der Waals surface area contributed by atoms with E-state index in [2.05, 4.69) is 17.1 Å². The van der Waals surface area contributed by atoms with Crippen molar-refractivity contribution in [3.63, 3.8) is 0 Å². The predicted octanol–water partition coefficient (Wildman–Crippen LogP) is 3.00. The van der Waals surface area contributed by atoms with Gasteiger partial charge >= 0.3 is 0 Å². The van der Waals surface area contributed by atoms with E-state index in [0.29, 0.717) is 29.3 Å². The van der Waals surface area contributed by atoms with E-state index in [4.69, 9.17) is 11.6 Å². The van der Waals surface area contributed by atoms with E-state index in [1.807, 2.05) is 6.07 Å². The number of amides is 2. The first-order chi connectivity index (χ1) is 12.0. The van der Waals surface area contributed by atoms with Crippen LogP contribution in [0.5, 0.6) is 0 Å². The highest BCUT2D eigenvalue weighted by Gasteiger charge is 2.40. The molecule has 3 rings (SSSR count). The highest BCUT2D eigenvalue weighted by Crippen LogP contribution is 2.39. The van der Waals surface area contributed by atoms with Gasteiger partial charge in [-0.05, 0) is 50.7 Å². The van der Waals surface area contributed by atoms with Gasteiger partial charge in [0.25, 0.3) is 0 Å². The maximum Gasteiger partial charge on any atom is 0.244 e. The third kappa shape index (κ3) is 4.95. The number of carbonyl (C=O) groups excluding carboxylic acids is 2. The van der Waals surface area contributed by atoms with Crippen LogP contribution >= 0.6 is 11.6 Å². The van der Waals surface area contributed by atoms with Crippen LogP contribution in [0.25, 0.3) is 0 Å². The van der Waals surface area contributed by atoms with Crippen molar-refractivity contribution in [2.75, 3.05) is 25.5 Å². The van der Waals surface area contributed by atoms with Crippen molar-refractivity contribution in [2.24, 2.45) is 5.92 Å². The monoisotopic (exact) mass is 363 g/mol. The quantitative estimate of drug-likeness (QED) is 0.772. The highest BCUT2D eigenvalue weighted by molar-refractivity contribution is 6.33. The first-order valence-electron chi connectivity index (χ1n) is 9.00. The summed E-state index contributed by atoms with van der Waals surface area (Å²) in [5.41, 5.74) is 0.567. The summed E-state index contributed by atoms with van der Waals surface area (Å²) in [6, 6.07) is 8.09. The Morgan fingerprint density at radius 3 is 2.48 bits per heavy atom. The van der Waals surface area contributed by atoms with Crippen LogP contribution in [0.3, 0.4) is 0 Å². The molecule has 1 atom stereocenters. The maximum atomic E-state index is 12.6. The largest absolute Gasteiger partial charge is 0.335 e. The normalized spacial score (nSPS) is 18.1. The van der Waals surface area contributed by atoms with E-state index in [9.17, 15) is 9.59 Å². The Balaban J connectivity index is 1.51. The van der Waals surface area contributed by atoms with Crippen molar-refractivity contribution in [2.45, 2.75) is 44.7 Å². The standard InChI is InChI=1S/C19H26ClN3O2/c1-13(14-7-8-14)23(15-9-10-15)12-19(25)22(2)11-18(24)21-17-6-4-3-5-16(17)20/h3-6,13-15H,7-12H2,1-2H3,(H,21,24). The molecule has 25 heavy (non-hydrogen) atoms. The molecule has 0 aliphatic heterocycles. The van der Waals surface area contributed by atoms with Crippen molar-refractivity contribution in [1.82, 2.24) is 9.80 Å². The van der Waals surface area contributed by atoms with E-state index in [1.54, 1.807) is 25.2 Å². The number of hydrogen-bond donors (Lipinski definition) is 1. The van der Waals surface area contributed by atoms with Gasteiger partial charge in [-0.2, -0.15) is 0 Å². The van der Waals surface area contributed by atoms with Gasteiger partial charge in [0.2, 0.25) is 11.8 Å². The van der Waals surface area contributed by atoms with Crippen LogP contribution in [0.2, 0.25) is 5.02 Å². The molecule has 1 aromatic carbocycles. The smallest absolute Gasteiger partial charge is 0.244 e. The molecule has 0 saturated heterocycles. The minimum atomic E-state index is -0.239. The summed E-state index contributed by atoms with van der Waals surface area (Å²) in [4.78, 5) is 28.6. The zero-order chi connectivity index (χ0) is 18.0. The molecule has 0 radical (unpaired) electrons. The molecule has 2 fully saturated rings. The van der Waals surface area contributed by atoms with Crippen molar-refractivity contribution >= 4 is 29.1 Å². The number of anilines is 1. The van der Waals surface area contributed by atoms with Crippen LogP contribution in [0, 0.1) is 5.92 Å². The summed E-state index contributed by atoms with van der Waals surface area (Å²) in [7, 11) is 1.68. The number of nitrogens with one attached hydrogen (secondary N) is 1. The molecule has 6 heteroatoms. The molecule has 1 N–H and O–H groups in total. The third-order valence-electron chi connectivity index (χ3n) is 5.12. The second-order valence-corrected chi connectivity index (χ2v) is 7.67. The topological polar surface area (TPSA) is 52.7 Å². The Morgan fingerprint density at radius 2 is 1.88 bits per heavy atom. The Bertz CT molecular complexity index is 643. The molecule has 2 aliphatic carbocycles. The van der Waals surface area contributed by atoms with Crippen LogP contribution in [-0.4, -0.2) is 53.8 Å². The molecular weight excluding hydrogens is 338 g/mol. The van der Waals surface area contributed by atoms with E-state index in [1.165, 1.54) is 30.6 Å². The van der Waals surface area contributed by atoms with E-state index >= 15 is 0 Å². The minimum Gasteiger partial charge on any atom is -0.335 e. The number of rotatable bonds is 8. The average molecular weight is 364 g/mol. The zero-order valence-corrected chi connectivity index (χ0v) is 15.6. The number of likely N-dealkylation sites (N-methyl/N-ethyl adjacent to an activating group) is 1. The Hall–Kier alpha value is -1.59. The van der Waals surface area contributed by atoms with Crippen molar-refractivity contribution in [3.05, 3.63) is 29.3 Å². The Kier molecular flexibility index (Phi) is 5.64. The van der Waals surface area contributed by atoms with Crippen molar-refractivity contribution < 1.29 is 9.59 Å². The summed E-state index contributed by atoms with van der Waals surface area (Å²) in [5, 5.41) is 3.25. The van der Waals surface area contributed by atoms with Gasteiger partial charge in [-0.25, -0.2) is 0 Å². The molecule has 1 aromatic rings. The summed E-state index contributed by atoms with van der Waals surface area (Å²) in [6.07, 6.45) is 4.91. The van der Waals surface area contributed by atoms with Gasteiger partial charge in [0, 0.05) is 19.1 Å². The van der Waals surface area contributed by atoms with Gasteiger partial charge < -0.3 is 10.2 Å². The number of benzene rings is 1. The third-order valence-corrected chi connectivity index (χ3v) is 5.45. The molecule has 136 valence electrons. The fraction of sp³-hybridized carbons (Fsp3) is 0.579. The second-order valence-electron chi connectivity index (χ2n) is 7.26. The SMILES string of the molecule is CC(C1CC1)N(CC(=O)N(C)CC(=O)Nc1ccccc1Cl)C1CC1. The number of para-hydroxylation sites is 1. The van der Waals surface area contributed by atoms with Crippen LogP contribution in [-0.2, 0) is 9.59 Å². The molecule has 0 spiro atoms. The molecule has 0 heterocycles. The second kappa shape index (κ2) is 7.75. The van der Waals surface area contributed by atoms with Crippen LogP contribution < -0.4 is 5.32 Å². The van der Waals surface area contributed by atoms with Gasteiger partial charge in [-0.1, -0.05) is 23.7 Å². The van der Waals surface area contributed by atoms with Crippen LogP contribution in [0.15, 0.2) is 24.3 Å². The van der Waals surface area contributed by atoms with Gasteiger partial charge in [-0.15, -0.1) is 0 Å². The maximum absolute atomic E-state index is 12.6. The predicted molar refractivity (Wildman–Crippen MR) is 99.6 cm³/mol.